The monoisotopic (exact) mass is 438 g/mol. The lowest BCUT2D eigenvalue weighted by atomic mass is 9.87. The molecule has 7 heteroatoms. The Kier molecular flexibility index (Phi) is 6.67. The Morgan fingerprint density at radius 2 is 1.85 bits per heavy atom. The summed E-state index contributed by atoms with van der Waals surface area (Å²) in [6, 6.07) is 12.1. The third-order valence-electron chi connectivity index (χ3n) is 3.56. The zero-order chi connectivity index (χ0) is 19.3. The molecule has 0 radical (unpaired) electrons. The van der Waals surface area contributed by atoms with Gasteiger partial charge < -0.3 is 4.74 Å². The van der Waals surface area contributed by atoms with Crippen molar-refractivity contribution in [1.82, 2.24) is 10.9 Å². The smallest absolute Gasteiger partial charge is 0.276 e. The number of hydrogen-bond donors (Lipinski definition) is 2. The first-order valence-electron chi connectivity index (χ1n) is 7.94. The summed E-state index contributed by atoms with van der Waals surface area (Å²) in [4.78, 5) is 23.8. The fourth-order valence-electron chi connectivity index (χ4n) is 2.09. The van der Waals surface area contributed by atoms with Crippen LogP contribution in [0.3, 0.4) is 0 Å². The number of carbonyl (C=O) groups excluding carboxylic acids is 2. The number of ether oxygens (including phenoxy) is 1. The van der Waals surface area contributed by atoms with Crippen LogP contribution in [-0.4, -0.2) is 18.4 Å². The van der Waals surface area contributed by atoms with Gasteiger partial charge >= 0.3 is 0 Å². The Labute approximate surface area is 166 Å². The number of benzene rings is 2. The highest BCUT2D eigenvalue weighted by atomic mass is 79.9. The summed E-state index contributed by atoms with van der Waals surface area (Å²) in [6.45, 7) is 6.12. The highest BCUT2D eigenvalue weighted by molar-refractivity contribution is 9.10. The van der Waals surface area contributed by atoms with Crippen LogP contribution in [0, 0.1) is 0 Å². The Balaban J connectivity index is 1.86. The minimum absolute atomic E-state index is 0.0169. The summed E-state index contributed by atoms with van der Waals surface area (Å²) in [5.41, 5.74) is 6.13. The molecule has 2 aromatic rings. The minimum atomic E-state index is -0.479. The van der Waals surface area contributed by atoms with E-state index in [0.717, 1.165) is 10.0 Å². The fourth-order valence-corrected chi connectivity index (χ4v) is 2.78. The maximum Gasteiger partial charge on any atom is 0.276 e. The number of hydrogen-bond acceptors (Lipinski definition) is 3. The molecule has 0 aliphatic rings. The Morgan fingerprint density at radius 3 is 2.46 bits per heavy atom. The van der Waals surface area contributed by atoms with E-state index in [0.29, 0.717) is 16.3 Å². The number of hydrazine groups is 1. The lowest BCUT2D eigenvalue weighted by molar-refractivity contribution is -0.123. The molecular weight excluding hydrogens is 420 g/mol. The van der Waals surface area contributed by atoms with Gasteiger partial charge in [-0.3, -0.25) is 20.4 Å². The molecule has 26 heavy (non-hydrogen) atoms. The fraction of sp³-hybridized carbons (Fsp3) is 0.263. The molecule has 0 aliphatic heterocycles. The van der Waals surface area contributed by atoms with Gasteiger partial charge in [0, 0.05) is 10.6 Å². The second-order valence-corrected chi connectivity index (χ2v) is 7.99. The zero-order valence-electron chi connectivity index (χ0n) is 14.7. The molecule has 2 aromatic carbocycles. The number of halogens is 2. The summed E-state index contributed by atoms with van der Waals surface area (Å²) >= 11 is 9.28. The summed E-state index contributed by atoms with van der Waals surface area (Å²) in [7, 11) is 0. The predicted molar refractivity (Wildman–Crippen MR) is 105 cm³/mol. The van der Waals surface area contributed by atoms with Crippen LogP contribution in [0.4, 0.5) is 0 Å². The minimum Gasteiger partial charge on any atom is -0.483 e. The molecule has 0 aliphatic carbocycles. The normalized spacial score (nSPS) is 11.0. The molecule has 0 spiro atoms. The highest BCUT2D eigenvalue weighted by Gasteiger charge is 2.16. The van der Waals surface area contributed by atoms with Gasteiger partial charge in [0.1, 0.15) is 5.75 Å². The topological polar surface area (TPSA) is 67.4 Å². The second-order valence-electron chi connectivity index (χ2n) is 6.70. The molecule has 0 fully saturated rings. The Bertz CT molecular complexity index is 819. The summed E-state index contributed by atoms with van der Waals surface area (Å²) in [5, 5.41) is 0.441. The standard InChI is InChI=1S/C19H20BrClN2O3/c1-19(2,3)13-7-8-16(15(20)10-13)26-11-17(24)22-23-18(25)12-5-4-6-14(21)9-12/h4-10H,11H2,1-3H3,(H,22,24)(H,23,25). The number of nitrogens with one attached hydrogen (secondary N) is 2. The molecular formula is C19H20BrClN2O3. The molecule has 0 atom stereocenters. The van der Waals surface area contributed by atoms with E-state index in [9.17, 15) is 9.59 Å². The van der Waals surface area contributed by atoms with Gasteiger partial charge in [-0.05, 0) is 57.2 Å². The van der Waals surface area contributed by atoms with E-state index in [1.807, 2.05) is 18.2 Å². The molecule has 138 valence electrons. The SMILES string of the molecule is CC(C)(C)c1ccc(OCC(=O)NNC(=O)c2cccc(Cl)c2)c(Br)c1. The van der Waals surface area contributed by atoms with Crippen molar-refractivity contribution in [2.24, 2.45) is 0 Å². The average Bonchev–Trinajstić information content (AvgIpc) is 2.57. The van der Waals surface area contributed by atoms with Crippen LogP contribution in [0.2, 0.25) is 5.02 Å². The first kappa shape index (κ1) is 20.3. The predicted octanol–water partition coefficient (Wildman–Crippen LogP) is 4.24. The van der Waals surface area contributed by atoms with E-state index in [-0.39, 0.29) is 12.0 Å². The lowest BCUT2D eigenvalue weighted by Gasteiger charge is -2.20. The van der Waals surface area contributed by atoms with Crippen LogP contribution in [0.25, 0.3) is 0 Å². The highest BCUT2D eigenvalue weighted by Crippen LogP contribution is 2.31. The summed E-state index contributed by atoms with van der Waals surface area (Å²) in [5.74, 6) is -0.391. The van der Waals surface area contributed by atoms with Crippen LogP contribution < -0.4 is 15.6 Å². The third-order valence-corrected chi connectivity index (χ3v) is 4.41. The summed E-state index contributed by atoms with van der Waals surface area (Å²) in [6.07, 6.45) is 0. The van der Waals surface area contributed by atoms with Gasteiger partial charge in [0.2, 0.25) is 0 Å². The lowest BCUT2D eigenvalue weighted by Crippen LogP contribution is -2.43. The van der Waals surface area contributed by atoms with Crippen LogP contribution in [-0.2, 0) is 10.2 Å². The first-order chi connectivity index (χ1) is 12.2. The zero-order valence-corrected chi connectivity index (χ0v) is 17.1. The molecule has 0 unspecified atom stereocenters. The Hall–Kier alpha value is -2.05. The third kappa shape index (κ3) is 5.75. The number of rotatable bonds is 4. The van der Waals surface area contributed by atoms with E-state index in [4.69, 9.17) is 16.3 Å². The van der Waals surface area contributed by atoms with Gasteiger partial charge in [-0.25, -0.2) is 0 Å². The van der Waals surface area contributed by atoms with Gasteiger partial charge in [0.05, 0.1) is 4.47 Å². The van der Waals surface area contributed by atoms with Gasteiger partial charge in [-0.15, -0.1) is 0 Å². The molecule has 0 saturated heterocycles. The second kappa shape index (κ2) is 8.56. The van der Waals surface area contributed by atoms with Crippen molar-refractivity contribution in [2.75, 3.05) is 6.61 Å². The maximum atomic E-state index is 11.9. The van der Waals surface area contributed by atoms with Gasteiger partial charge in [0.15, 0.2) is 6.61 Å². The molecule has 0 heterocycles. The molecule has 0 saturated carbocycles. The molecule has 0 bridgehead atoms. The Morgan fingerprint density at radius 1 is 1.12 bits per heavy atom. The van der Waals surface area contributed by atoms with E-state index < -0.39 is 11.8 Å². The van der Waals surface area contributed by atoms with Crippen LogP contribution in [0.15, 0.2) is 46.9 Å². The van der Waals surface area contributed by atoms with Crippen molar-refractivity contribution in [3.63, 3.8) is 0 Å². The van der Waals surface area contributed by atoms with Crippen molar-refractivity contribution >= 4 is 39.3 Å². The van der Waals surface area contributed by atoms with Gasteiger partial charge in [0.25, 0.3) is 11.8 Å². The first-order valence-corrected chi connectivity index (χ1v) is 9.11. The van der Waals surface area contributed by atoms with Crippen LogP contribution >= 0.6 is 27.5 Å². The van der Waals surface area contributed by atoms with Gasteiger partial charge in [-0.2, -0.15) is 0 Å². The number of amides is 2. The quantitative estimate of drug-likeness (QED) is 0.700. The van der Waals surface area contributed by atoms with Crippen LogP contribution in [0.1, 0.15) is 36.7 Å². The average molecular weight is 440 g/mol. The van der Waals surface area contributed by atoms with Gasteiger partial charge in [-0.1, -0.05) is 44.5 Å². The molecule has 2 rings (SSSR count). The van der Waals surface area contributed by atoms with E-state index in [1.165, 1.54) is 6.07 Å². The molecule has 5 nitrogen and oxygen atoms in total. The maximum absolute atomic E-state index is 11.9. The van der Waals surface area contributed by atoms with Crippen molar-refractivity contribution in [2.45, 2.75) is 26.2 Å². The van der Waals surface area contributed by atoms with Crippen molar-refractivity contribution in [1.29, 1.82) is 0 Å². The van der Waals surface area contributed by atoms with Crippen LogP contribution in [0.5, 0.6) is 5.75 Å². The summed E-state index contributed by atoms with van der Waals surface area (Å²) < 4.78 is 6.26. The van der Waals surface area contributed by atoms with E-state index in [2.05, 4.69) is 47.6 Å². The van der Waals surface area contributed by atoms with Crippen molar-refractivity contribution in [3.8, 4) is 5.75 Å². The number of carbonyl (C=O) groups is 2. The van der Waals surface area contributed by atoms with Crippen molar-refractivity contribution in [3.05, 3.63) is 63.1 Å². The largest absolute Gasteiger partial charge is 0.483 e. The molecule has 2 N–H and O–H groups in total. The van der Waals surface area contributed by atoms with Crippen molar-refractivity contribution < 1.29 is 14.3 Å². The van der Waals surface area contributed by atoms with E-state index >= 15 is 0 Å². The molecule has 2 amide bonds. The molecule has 0 aromatic heterocycles. The van der Waals surface area contributed by atoms with E-state index in [1.54, 1.807) is 18.2 Å².